The van der Waals surface area contributed by atoms with Crippen LogP contribution in [0, 0.1) is 0 Å². The van der Waals surface area contributed by atoms with Crippen LogP contribution in [0.4, 0.5) is 5.82 Å². The zero-order valence-electron chi connectivity index (χ0n) is 16.6. The third-order valence-corrected chi connectivity index (χ3v) is 5.21. The summed E-state index contributed by atoms with van der Waals surface area (Å²) in [6.07, 6.45) is 3.91. The normalized spacial score (nSPS) is 13.5. The number of rotatable bonds is 6. The van der Waals surface area contributed by atoms with Crippen LogP contribution in [0.3, 0.4) is 0 Å². The van der Waals surface area contributed by atoms with E-state index in [2.05, 4.69) is 20.2 Å². The van der Waals surface area contributed by atoms with Crippen LogP contribution in [-0.4, -0.2) is 43.2 Å². The molecule has 150 valence electrons. The Morgan fingerprint density at radius 3 is 2.69 bits per heavy atom. The number of ether oxygens (including phenoxy) is 2. The molecule has 0 unspecified atom stereocenters. The first kappa shape index (κ1) is 19.0. The number of aromatic nitrogens is 2. The average molecular weight is 392 g/mol. The van der Waals surface area contributed by atoms with Crippen molar-refractivity contribution in [3.05, 3.63) is 53.9 Å². The number of nitrogens with one attached hydrogen (secondary N) is 1. The predicted octanol–water partition coefficient (Wildman–Crippen LogP) is 3.18. The molecule has 0 bridgehead atoms. The van der Waals surface area contributed by atoms with Gasteiger partial charge in [0.1, 0.15) is 12.1 Å². The molecule has 1 saturated heterocycles. The maximum Gasteiger partial charge on any atom is 0.251 e. The number of carbonyl (C=O) groups is 1. The number of hydrogen-bond donors (Lipinski definition) is 1. The summed E-state index contributed by atoms with van der Waals surface area (Å²) < 4.78 is 10.8. The molecule has 3 aromatic rings. The van der Waals surface area contributed by atoms with E-state index >= 15 is 0 Å². The molecule has 2 heterocycles. The van der Waals surface area contributed by atoms with Gasteiger partial charge in [-0.1, -0.05) is 12.1 Å². The van der Waals surface area contributed by atoms with Gasteiger partial charge in [-0.2, -0.15) is 0 Å². The molecule has 1 amide bonds. The first-order chi connectivity index (χ1) is 14.2. The Bertz CT molecular complexity index is 1030. The second-order valence-corrected chi connectivity index (χ2v) is 6.96. The lowest BCUT2D eigenvalue weighted by Gasteiger charge is -2.18. The van der Waals surface area contributed by atoms with Crippen LogP contribution in [0.5, 0.6) is 11.5 Å². The van der Waals surface area contributed by atoms with E-state index in [4.69, 9.17) is 9.47 Å². The number of benzene rings is 2. The molecule has 1 aromatic heterocycles. The van der Waals surface area contributed by atoms with Gasteiger partial charge >= 0.3 is 0 Å². The van der Waals surface area contributed by atoms with Gasteiger partial charge in [0, 0.05) is 36.1 Å². The summed E-state index contributed by atoms with van der Waals surface area (Å²) >= 11 is 0. The fourth-order valence-corrected chi connectivity index (χ4v) is 3.74. The molecule has 7 nitrogen and oxygen atoms in total. The number of nitrogens with zero attached hydrogens (tertiary/aromatic N) is 3. The number of carbonyl (C=O) groups excluding carboxylic acids is 1. The summed E-state index contributed by atoms with van der Waals surface area (Å²) in [4.78, 5) is 23.9. The number of methoxy groups -OCH3 is 2. The largest absolute Gasteiger partial charge is 0.493 e. The zero-order valence-corrected chi connectivity index (χ0v) is 16.6. The third-order valence-electron chi connectivity index (χ3n) is 5.21. The Morgan fingerprint density at radius 1 is 1.10 bits per heavy atom. The zero-order chi connectivity index (χ0) is 20.2. The highest BCUT2D eigenvalue weighted by atomic mass is 16.5. The van der Waals surface area contributed by atoms with Crippen molar-refractivity contribution in [1.29, 1.82) is 0 Å². The minimum atomic E-state index is -0.159. The van der Waals surface area contributed by atoms with Gasteiger partial charge in [0.2, 0.25) is 0 Å². The van der Waals surface area contributed by atoms with Gasteiger partial charge in [0.25, 0.3) is 5.91 Å². The van der Waals surface area contributed by atoms with Crippen LogP contribution >= 0.6 is 0 Å². The van der Waals surface area contributed by atoms with Crippen LogP contribution in [-0.2, 0) is 6.54 Å². The molecule has 1 aliphatic rings. The van der Waals surface area contributed by atoms with Crippen molar-refractivity contribution in [1.82, 2.24) is 15.3 Å². The molecule has 0 aliphatic carbocycles. The maximum atomic E-state index is 12.8. The Kier molecular flexibility index (Phi) is 5.46. The number of para-hydroxylation sites is 1. The van der Waals surface area contributed by atoms with E-state index < -0.39 is 0 Å². The molecule has 0 spiro atoms. The Labute approximate surface area is 169 Å². The van der Waals surface area contributed by atoms with Crippen LogP contribution < -0.4 is 19.7 Å². The fraction of sp³-hybridized carbons (Fsp3) is 0.318. The lowest BCUT2D eigenvalue weighted by molar-refractivity contribution is 0.0950. The molecule has 1 fully saturated rings. The van der Waals surface area contributed by atoms with Crippen molar-refractivity contribution in [3.8, 4) is 11.5 Å². The number of anilines is 1. The highest BCUT2D eigenvalue weighted by Crippen LogP contribution is 2.31. The minimum Gasteiger partial charge on any atom is -0.493 e. The second-order valence-electron chi connectivity index (χ2n) is 6.96. The van der Waals surface area contributed by atoms with E-state index in [9.17, 15) is 4.79 Å². The molecule has 1 aliphatic heterocycles. The first-order valence-electron chi connectivity index (χ1n) is 9.69. The quantitative estimate of drug-likeness (QED) is 0.694. The van der Waals surface area contributed by atoms with E-state index in [1.165, 1.54) is 0 Å². The van der Waals surface area contributed by atoms with Crippen LogP contribution in [0.25, 0.3) is 10.9 Å². The van der Waals surface area contributed by atoms with E-state index in [1.807, 2.05) is 30.3 Å². The molecule has 1 N–H and O–H groups in total. The van der Waals surface area contributed by atoms with Crippen molar-refractivity contribution in [2.75, 3.05) is 32.2 Å². The minimum absolute atomic E-state index is 0.159. The lowest BCUT2D eigenvalue weighted by atomic mass is 10.1. The fourth-order valence-electron chi connectivity index (χ4n) is 3.74. The van der Waals surface area contributed by atoms with Gasteiger partial charge in [0.15, 0.2) is 11.5 Å². The molecular formula is C22H24N4O3. The highest BCUT2D eigenvalue weighted by molar-refractivity contribution is 6.00. The molecule has 2 aromatic carbocycles. The van der Waals surface area contributed by atoms with Crippen molar-refractivity contribution in [2.24, 2.45) is 0 Å². The summed E-state index contributed by atoms with van der Waals surface area (Å²) in [7, 11) is 3.18. The Balaban J connectivity index is 1.57. The molecule has 0 atom stereocenters. The van der Waals surface area contributed by atoms with Gasteiger partial charge in [-0.15, -0.1) is 0 Å². The molecule has 4 rings (SSSR count). The molecule has 29 heavy (non-hydrogen) atoms. The van der Waals surface area contributed by atoms with Crippen LogP contribution in [0.2, 0.25) is 0 Å². The number of hydrogen-bond acceptors (Lipinski definition) is 6. The predicted molar refractivity (Wildman–Crippen MR) is 112 cm³/mol. The van der Waals surface area contributed by atoms with Crippen molar-refractivity contribution < 1.29 is 14.3 Å². The lowest BCUT2D eigenvalue weighted by Crippen LogP contribution is -2.23. The topological polar surface area (TPSA) is 76.6 Å². The van der Waals surface area contributed by atoms with E-state index in [0.29, 0.717) is 23.6 Å². The standard InChI is InChI=1S/C22H24N4O3/c1-28-19-7-5-6-16(20(19)29-2)13-23-22(27)15-8-9-18-17(12-15)21(25-14-24-18)26-10-3-4-11-26/h5-9,12,14H,3-4,10-11,13H2,1-2H3,(H,23,27). The van der Waals surface area contributed by atoms with Gasteiger partial charge in [-0.05, 0) is 37.1 Å². The van der Waals surface area contributed by atoms with E-state index in [1.54, 1.807) is 26.6 Å². The smallest absolute Gasteiger partial charge is 0.251 e. The Morgan fingerprint density at radius 2 is 1.93 bits per heavy atom. The Hall–Kier alpha value is -3.35. The second kappa shape index (κ2) is 8.34. The van der Waals surface area contributed by atoms with Gasteiger partial charge < -0.3 is 19.7 Å². The first-order valence-corrected chi connectivity index (χ1v) is 9.69. The SMILES string of the molecule is COc1cccc(CNC(=O)c2ccc3ncnc(N4CCCC4)c3c2)c1OC. The van der Waals surface area contributed by atoms with Crippen molar-refractivity contribution >= 4 is 22.6 Å². The maximum absolute atomic E-state index is 12.8. The van der Waals surface area contributed by atoms with Gasteiger partial charge in [-0.25, -0.2) is 9.97 Å². The van der Waals surface area contributed by atoms with Crippen molar-refractivity contribution in [2.45, 2.75) is 19.4 Å². The molecule has 7 heteroatoms. The van der Waals surface area contributed by atoms with Crippen LogP contribution in [0.15, 0.2) is 42.7 Å². The van der Waals surface area contributed by atoms with Gasteiger partial charge in [0.05, 0.1) is 19.7 Å². The van der Waals surface area contributed by atoms with Crippen molar-refractivity contribution in [3.63, 3.8) is 0 Å². The summed E-state index contributed by atoms with van der Waals surface area (Å²) in [5.41, 5.74) is 2.27. The average Bonchev–Trinajstić information content (AvgIpc) is 3.31. The number of fused-ring (bicyclic) bond motifs is 1. The molecule has 0 saturated carbocycles. The molecular weight excluding hydrogens is 368 g/mol. The summed E-state index contributed by atoms with van der Waals surface area (Å²) in [6.45, 7) is 2.30. The summed E-state index contributed by atoms with van der Waals surface area (Å²) in [5, 5.41) is 3.87. The van der Waals surface area contributed by atoms with Gasteiger partial charge in [-0.3, -0.25) is 4.79 Å². The van der Waals surface area contributed by atoms with E-state index in [0.717, 1.165) is 48.2 Å². The third kappa shape index (κ3) is 3.81. The summed E-state index contributed by atoms with van der Waals surface area (Å²) in [5.74, 6) is 2.00. The summed E-state index contributed by atoms with van der Waals surface area (Å²) in [6, 6.07) is 11.1. The van der Waals surface area contributed by atoms with E-state index in [-0.39, 0.29) is 5.91 Å². The number of amides is 1. The highest BCUT2D eigenvalue weighted by Gasteiger charge is 2.18. The van der Waals surface area contributed by atoms with Crippen LogP contribution in [0.1, 0.15) is 28.8 Å². The molecule has 0 radical (unpaired) electrons. The monoisotopic (exact) mass is 392 g/mol.